The van der Waals surface area contributed by atoms with Crippen molar-refractivity contribution in [3.8, 4) is 0 Å². The Balaban J connectivity index is 2.10. The summed E-state index contributed by atoms with van der Waals surface area (Å²) in [5.74, 6) is -0.940. The van der Waals surface area contributed by atoms with Gasteiger partial charge in [-0.05, 0) is 68.7 Å². The van der Waals surface area contributed by atoms with E-state index in [2.05, 4.69) is 5.32 Å². The zero-order chi connectivity index (χ0) is 31.0. The summed E-state index contributed by atoms with van der Waals surface area (Å²) in [5.41, 5.74) is 2.32. The fourth-order valence-electron chi connectivity index (χ4n) is 4.38. The Hall–Kier alpha value is -2.78. The van der Waals surface area contributed by atoms with Gasteiger partial charge < -0.3 is 10.2 Å². The molecule has 1 atom stereocenters. The van der Waals surface area contributed by atoms with Crippen molar-refractivity contribution >= 4 is 62.3 Å². The predicted octanol–water partition coefficient (Wildman–Crippen LogP) is 7.18. The molecule has 0 heterocycles. The van der Waals surface area contributed by atoms with E-state index in [0.29, 0.717) is 27.2 Å². The summed E-state index contributed by atoms with van der Waals surface area (Å²) in [7, 11) is -4.21. The minimum Gasteiger partial charge on any atom is -0.354 e. The normalized spacial score (nSPS) is 12.1. The van der Waals surface area contributed by atoms with Crippen LogP contribution < -0.4 is 9.62 Å². The number of amides is 2. The Morgan fingerprint density at radius 2 is 1.55 bits per heavy atom. The molecular weight excluding hydrogens is 617 g/mol. The molecule has 0 radical (unpaired) electrons. The lowest BCUT2D eigenvalue weighted by Crippen LogP contribution is -2.52. The lowest BCUT2D eigenvalue weighted by Gasteiger charge is -2.33. The van der Waals surface area contributed by atoms with Gasteiger partial charge in [-0.3, -0.25) is 13.9 Å². The van der Waals surface area contributed by atoms with Crippen LogP contribution in [0.5, 0.6) is 0 Å². The summed E-state index contributed by atoms with van der Waals surface area (Å²) in [6, 6.07) is 15.3. The van der Waals surface area contributed by atoms with Gasteiger partial charge in [0, 0.05) is 33.7 Å². The molecule has 0 unspecified atom stereocenters. The van der Waals surface area contributed by atoms with Crippen LogP contribution in [-0.2, 0) is 26.2 Å². The maximum absolute atomic E-state index is 14.2. The molecule has 0 saturated carbocycles. The third-order valence-electron chi connectivity index (χ3n) is 6.94. The Morgan fingerprint density at radius 3 is 2.12 bits per heavy atom. The molecule has 0 spiro atoms. The SMILES string of the molecule is CCCCNC(=O)[C@@H](CC)N(Cc1c(Cl)cccc1Cl)C(=O)CN(c1ccc(C)c(Cl)c1)S(=O)(=O)c1ccc(C)cc1. The maximum Gasteiger partial charge on any atom is 0.264 e. The van der Waals surface area contributed by atoms with Gasteiger partial charge in [0.2, 0.25) is 11.8 Å². The van der Waals surface area contributed by atoms with Crippen LogP contribution in [0, 0.1) is 13.8 Å². The Bertz CT molecular complexity index is 1490. The van der Waals surface area contributed by atoms with E-state index in [1.54, 1.807) is 56.3 Å². The standard InChI is InChI=1S/C31H36Cl3N3O4S/c1-5-7-17-35-31(39)29(6-2)36(19-25-26(32)9-8-10-27(25)33)30(38)20-37(23-14-13-22(4)28(34)18-23)42(40,41)24-15-11-21(3)12-16-24/h8-16,18,29H,5-7,17,19-20H2,1-4H3,(H,35,39)/t29-/m1/s1. The highest BCUT2D eigenvalue weighted by atomic mass is 35.5. The van der Waals surface area contributed by atoms with Crippen molar-refractivity contribution in [2.24, 2.45) is 0 Å². The van der Waals surface area contributed by atoms with E-state index in [-0.39, 0.29) is 29.5 Å². The third kappa shape index (κ3) is 8.19. The number of nitrogens with one attached hydrogen (secondary N) is 1. The first-order chi connectivity index (χ1) is 19.9. The van der Waals surface area contributed by atoms with Crippen LogP contribution in [0.2, 0.25) is 15.1 Å². The number of carbonyl (C=O) groups excluding carboxylic acids is 2. The predicted molar refractivity (Wildman–Crippen MR) is 171 cm³/mol. The van der Waals surface area contributed by atoms with Gasteiger partial charge in [-0.2, -0.15) is 0 Å². The zero-order valence-corrected chi connectivity index (χ0v) is 27.2. The first kappa shape index (κ1) is 33.7. The number of benzene rings is 3. The maximum atomic E-state index is 14.2. The third-order valence-corrected chi connectivity index (χ3v) is 9.84. The van der Waals surface area contributed by atoms with Gasteiger partial charge >= 0.3 is 0 Å². The van der Waals surface area contributed by atoms with E-state index >= 15 is 0 Å². The quantitative estimate of drug-likeness (QED) is 0.198. The molecule has 1 N–H and O–H groups in total. The second kappa shape index (κ2) is 15.1. The number of unbranched alkanes of at least 4 members (excludes halogenated alkanes) is 1. The van der Waals surface area contributed by atoms with E-state index < -0.39 is 28.5 Å². The van der Waals surface area contributed by atoms with E-state index in [1.807, 2.05) is 13.8 Å². The molecule has 42 heavy (non-hydrogen) atoms. The molecule has 3 aromatic rings. The van der Waals surface area contributed by atoms with Gasteiger partial charge in [0.25, 0.3) is 10.0 Å². The molecule has 0 bridgehead atoms. The lowest BCUT2D eigenvalue weighted by molar-refractivity contribution is -0.140. The highest BCUT2D eigenvalue weighted by molar-refractivity contribution is 7.92. The number of rotatable bonds is 13. The minimum atomic E-state index is -4.21. The number of aryl methyl sites for hydroxylation is 2. The van der Waals surface area contributed by atoms with Gasteiger partial charge in [-0.25, -0.2) is 8.42 Å². The fraction of sp³-hybridized carbons (Fsp3) is 0.355. The second-order valence-corrected chi connectivity index (χ2v) is 13.1. The molecule has 226 valence electrons. The molecule has 7 nitrogen and oxygen atoms in total. The Kier molecular flexibility index (Phi) is 12.1. The van der Waals surface area contributed by atoms with Crippen LogP contribution in [0.15, 0.2) is 65.6 Å². The first-order valence-electron chi connectivity index (χ1n) is 13.8. The summed E-state index contributed by atoms with van der Waals surface area (Å²) in [4.78, 5) is 28.9. The van der Waals surface area contributed by atoms with Crippen LogP contribution >= 0.6 is 34.8 Å². The molecule has 0 fully saturated rings. The average molecular weight is 653 g/mol. The van der Waals surface area contributed by atoms with Crippen LogP contribution in [0.4, 0.5) is 5.69 Å². The monoisotopic (exact) mass is 651 g/mol. The molecule has 3 rings (SSSR count). The number of hydrogen-bond acceptors (Lipinski definition) is 4. The molecule has 3 aromatic carbocycles. The number of hydrogen-bond donors (Lipinski definition) is 1. The second-order valence-electron chi connectivity index (χ2n) is 10.0. The van der Waals surface area contributed by atoms with Gasteiger partial charge in [-0.15, -0.1) is 0 Å². The van der Waals surface area contributed by atoms with Gasteiger partial charge in [0.1, 0.15) is 12.6 Å². The Morgan fingerprint density at radius 1 is 0.905 bits per heavy atom. The summed E-state index contributed by atoms with van der Waals surface area (Å²) in [5, 5.41) is 3.91. The van der Waals surface area contributed by atoms with Gasteiger partial charge in [0.15, 0.2) is 0 Å². The first-order valence-corrected chi connectivity index (χ1v) is 16.3. The van der Waals surface area contributed by atoms with Crippen molar-refractivity contribution in [3.63, 3.8) is 0 Å². The molecule has 0 aliphatic rings. The summed E-state index contributed by atoms with van der Waals surface area (Å²) < 4.78 is 29.0. The highest BCUT2D eigenvalue weighted by Gasteiger charge is 2.34. The Labute approximate surface area is 263 Å². The molecular formula is C31H36Cl3N3O4S. The molecule has 0 aliphatic heterocycles. The molecule has 11 heteroatoms. The smallest absolute Gasteiger partial charge is 0.264 e. The number of halogens is 3. The fourth-order valence-corrected chi connectivity index (χ4v) is 6.48. The van der Waals surface area contributed by atoms with E-state index in [0.717, 1.165) is 28.3 Å². The van der Waals surface area contributed by atoms with E-state index in [9.17, 15) is 18.0 Å². The molecule has 0 aliphatic carbocycles. The van der Waals surface area contributed by atoms with Crippen molar-refractivity contribution in [3.05, 3.63) is 92.4 Å². The number of anilines is 1. The van der Waals surface area contributed by atoms with Crippen molar-refractivity contribution in [2.45, 2.75) is 64.4 Å². The topological polar surface area (TPSA) is 86.8 Å². The molecule has 0 aromatic heterocycles. The summed E-state index contributed by atoms with van der Waals surface area (Å²) >= 11 is 19.3. The number of carbonyl (C=O) groups is 2. The number of sulfonamides is 1. The van der Waals surface area contributed by atoms with Crippen LogP contribution in [-0.4, -0.2) is 44.3 Å². The van der Waals surface area contributed by atoms with Crippen LogP contribution in [0.1, 0.15) is 49.8 Å². The van der Waals surface area contributed by atoms with Crippen LogP contribution in [0.25, 0.3) is 0 Å². The van der Waals surface area contributed by atoms with Crippen molar-refractivity contribution in [2.75, 3.05) is 17.4 Å². The summed E-state index contributed by atoms with van der Waals surface area (Å²) in [6.45, 7) is 7.23. The van der Waals surface area contributed by atoms with Gasteiger partial charge in [0.05, 0.1) is 10.6 Å². The van der Waals surface area contributed by atoms with Crippen molar-refractivity contribution in [1.82, 2.24) is 10.2 Å². The summed E-state index contributed by atoms with van der Waals surface area (Å²) in [6.07, 6.45) is 1.95. The van der Waals surface area contributed by atoms with Crippen molar-refractivity contribution < 1.29 is 18.0 Å². The van der Waals surface area contributed by atoms with Gasteiger partial charge in [-0.1, -0.05) is 84.9 Å². The number of nitrogens with zero attached hydrogens (tertiary/aromatic N) is 2. The highest BCUT2D eigenvalue weighted by Crippen LogP contribution is 2.30. The average Bonchev–Trinajstić information content (AvgIpc) is 2.95. The lowest BCUT2D eigenvalue weighted by atomic mass is 10.1. The van der Waals surface area contributed by atoms with Crippen molar-refractivity contribution in [1.29, 1.82) is 0 Å². The van der Waals surface area contributed by atoms with E-state index in [1.165, 1.54) is 23.1 Å². The molecule has 2 amide bonds. The van der Waals surface area contributed by atoms with Crippen LogP contribution in [0.3, 0.4) is 0 Å². The largest absolute Gasteiger partial charge is 0.354 e. The zero-order valence-electron chi connectivity index (χ0n) is 24.2. The van der Waals surface area contributed by atoms with E-state index in [4.69, 9.17) is 34.8 Å². The minimum absolute atomic E-state index is 0.0163. The molecule has 0 saturated heterocycles.